The number of amides is 2. The first-order valence-electron chi connectivity index (χ1n) is 12.4. The van der Waals surface area contributed by atoms with Crippen LogP contribution in [0.25, 0.3) is 21.9 Å². The van der Waals surface area contributed by atoms with Crippen LogP contribution >= 0.6 is 11.6 Å². The smallest absolute Gasteiger partial charge is 0.326 e. The van der Waals surface area contributed by atoms with E-state index in [1.54, 1.807) is 48.9 Å². The number of nitrogens with one attached hydrogen (secondary N) is 3. The van der Waals surface area contributed by atoms with Crippen LogP contribution in [-0.2, 0) is 27.6 Å². The van der Waals surface area contributed by atoms with E-state index in [0.717, 1.165) is 11.6 Å². The molecule has 0 radical (unpaired) electrons. The van der Waals surface area contributed by atoms with Gasteiger partial charge < -0.3 is 25.1 Å². The first-order valence-corrected chi connectivity index (χ1v) is 14.6. The molecular weight excluding hydrogens is 570 g/mol. The molecule has 0 aliphatic heterocycles. The van der Waals surface area contributed by atoms with Crippen LogP contribution in [0.15, 0.2) is 82.4 Å². The number of aliphatic carboxylic acids is 1. The molecule has 2 heterocycles. The molecule has 0 fully saturated rings. The largest absolute Gasteiger partial charge is 0.480 e. The van der Waals surface area contributed by atoms with Crippen LogP contribution < -0.4 is 10.6 Å². The Morgan fingerprint density at radius 3 is 2.61 bits per heavy atom. The van der Waals surface area contributed by atoms with Crippen molar-refractivity contribution in [3.63, 3.8) is 0 Å². The molecule has 1 atom stereocenters. The molecule has 0 spiro atoms. The lowest BCUT2D eigenvalue weighted by Crippen LogP contribution is -2.42. The number of carboxylic acid groups (broad SMARTS) is 1. The van der Waals surface area contributed by atoms with Gasteiger partial charge in [-0.3, -0.25) is 9.59 Å². The monoisotopic (exact) mass is 593 g/mol. The Balaban J connectivity index is 1.35. The molecule has 12 heteroatoms. The Kier molecular flexibility index (Phi) is 7.57. The average molecular weight is 594 g/mol. The zero-order valence-corrected chi connectivity index (χ0v) is 23.2. The number of hydrogen-bond donors (Lipinski definition) is 4. The first kappa shape index (κ1) is 27.9. The zero-order valence-electron chi connectivity index (χ0n) is 21.6. The number of carbonyl (C=O) groups excluding carboxylic acids is 2. The lowest BCUT2D eigenvalue weighted by atomic mass is 10.0. The van der Waals surface area contributed by atoms with E-state index >= 15 is 0 Å². The van der Waals surface area contributed by atoms with Gasteiger partial charge in [-0.1, -0.05) is 29.8 Å². The van der Waals surface area contributed by atoms with Crippen LogP contribution in [0.3, 0.4) is 0 Å². The van der Waals surface area contributed by atoms with E-state index in [4.69, 9.17) is 16.0 Å². The summed E-state index contributed by atoms with van der Waals surface area (Å²) >= 11 is 6.53. The topological polar surface area (TPSA) is 159 Å². The highest BCUT2D eigenvalue weighted by Gasteiger charge is 2.25. The van der Waals surface area contributed by atoms with E-state index in [0.29, 0.717) is 33.2 Å². The van der Waals surface area contributed by atoms with Gasteiger partial charge in [0, 0.05) is 41.8 Å². The van der Waals surface area contributed by atoms with Gasteiger partial charge in [0.05, 0.1) is 27.3 Å². The number of H-pyrrole nitrogens is 1. The van der Waals surface area contributed by atoms with Crippen LogP contribution in [0, 0.1) is 0 Å². The molecule has 41 heavy (non-hydrogen) atoms. The van der Waals surface area contributed by atoms with E-state index in [2.05, 4.69) is 15.6 Å². The summed E-state index contributed by atoms with van der Waals surface area (Å²) in [6.07, 6.45) is 4.07. The summed E-state index contributed by atoms with van der Waals surface area (Å²) in [5.41, 5.74) is 2.67. The highest BCUT2D eigenvalue weighted by Crippen LogP contribution is 2.29. The predicted molar refractivity (Wildman–Crippen MR) is 153 cm³/mol. The third-order valence-corrected chi connectivity index (χ3v) is 8.04. The summed E-state index contributed by atoms with van der Waals surface area (Å²) in [5, 5.41) is 16.5. The molecule has 4 N–H and O–H groups in total. The van der Waals surface area contributed by atoms with Gasteiger partial charge in [0.15, 0.2) is 9.84 Å². The second-order valence-electron chi connectivity index (χ2n) is 9.50. The summed E-state index contributed by atoms with van der Waals surface area (Å²) in [4.78, 5) is 41.2. The Morgan fingerprint density at radius 2 is 1.85 bits per heavy atom. The fourth-order valence-electron chi connectivity index (χ4n) is 4.58. The molecule has 0 aliphatic carbocycles. The van der Waals surface area contributed by atoms with Crippen LogP contribution in [0.4, 0.5) is 0 Å². The molecule has 210 valence electrons. The highest BCUT2D eigenvalue weighted by molar-refractivity contribution is 7.90. The van der Waals surface area contributed by atoms with Crippen molar-refractivity contribution in [3.05, 3.63) is 100 Å². The number of halogens is 1. The molecule has 0 saturated carbocycles. The summed E-state index contributed by atoms with van der Waals surface area (Å²) in [7, 11) is -3.49. The number of aromatic amines is 1. The van der Waals surface area contributed by atoms with Crippen LogP contribution in [0.2, 0.25) is 5.02 Å². The molecule has 5 rings (SSSR count). The van der Waals surface area contributed by atoms with Crippen LogP contribution in [0.1, 0.15) is 31.8 Å². The van der Waals surface area contributed by atoms with Gasteiger partial charge in [-0.15, -0.1) is 0 Å². The van der Waals surface area contributed by atoms with Gasteiger partial charge in [-0.05, 0) is 53.6 Å². The van der Waals surface area contributed by atoms with Crippen molar-refractivity contribution in [2.45, 2.75) is 23.9 Å². The quantitative estimate of drug-likeness (QED) is 0.198. The number of benzene rings is 3. The number of rotatable bonds is 9. The van der Waals surface area contributed by atoms with Crippen molar-refractivity contribution in [2.24, 2.45) is 0 Å². The van der Waals surface area contributed by atoms with Crippen LogP contribution in [0.5, 0.6) is 0 Å². The number of carboxylic acids is 1. The van der Waals surface area contributed by atoms with Crippen LogP contribution in [-0.4, -0.2) is 48.6 Å². The summed E-state index contributed by atoms with van der Waals surface area (Å²) in [6, 6.07) is 14.6. The van der Waals surface area contributed by atoms with Gasteiger partial charge in [0.25, 0.3) is 11.8 Å². The van der Waals surface area contributed by atoms with Crippen molar-refractivity contribution in [1.82, 2.24) is 15.6 Å². The Morgan fingerprint density at radius 1 is 1.05 bits per heavy atom. The standard InChI is InChI=1S/C29H24ClN3O7S/c1-41(38,39)20-4-2-3-16(11-20)12-23(29(36)37)33-28(35)25-21-7-9-31-26(21)19(13-22(25)30)15-32-27(34)18-6-5-17-8-10-40-24(17)14-18/h2-11,13-14,23,31H,12,15H2,1H3,(H,32,34)(H,33,35)(H,36,37). The average Bonchev–Trinajstić information content (AvgIpc) is 3.60. The lowest BCUT2D eigenvalue weighted by molar-refractivity contribution is -0.139. The van der Waals surface area contributed by atoms with Gasteiger partial charge in [-0.2, -0.15) is 0 Å². The van der Waals surface area contributed by atoms with Gasteiger partial charge in [0.1, 0.15) is 11.6 Å². The number of fused-ring (bicyclic) bond motifs is 2. The Labute approximate surface area is 239 Å². The van der Waals surface area contributed by atoms with E-state index < -0.39 is 27.8 Å². The summed E-state index contributed by atoms with van der Waals surface area (Å²) in [5.74, 6) is -2.34. The number of sulfone groups is 1. The highest BCUT2D eigenvalue weighted by atomic mass is 35.5. The van der Waals surface area contributed by atoms with Crippen molar-refractivity contribution in [2.75, 3.05) is 6.26 Å². The fraction of sp³-hybridized carbons (Fsp3) is 0.138. The number of hydrogen-bond acceptors (Lipinski definition) is 6. The molecular formula is C29H24ClN3O7S. The molecule has 5 aromatic rings. The fourth-order valence-corrected chi connectivity index (χ4v) is 5.59. The van der Waals surface area contributed by atoms with Gasteiger partial charge in [0.2, 0.25) is 0 Å². The third-order valence-electron chi connectivity index (χ3n) is 6.63. The molecule has 2 aromatic heterocycles. The number of carbonyl (C=O) groups is 3. The second-order valence-corrected chi connectivity index (χ2v) is 11.9. The van der Waals surface area contributed by atoms with E-state index in [9.17, 15) is 27.9 Å². The normalized spacial score (nSPS) is 12.3. The Bertz CT molecular complexity index is 1930. The lowest BCUT2D eigenvalue weighted by Gasteiger charge is -2.17. The SMILES string of the molecule is CS(=O)(=O)c1cccc(CC(NC(=O)c2c(Cl)cc(CNC(=O)c3ccc4ccoc4c3)c3[nH]ccc23)C(=O)O)c1. The van der Waals surface area contributed by atoms with Crippen molar-refractivity contribution in [3.8, 4) is 0 Å². The Hall–Kier alpha value is -4.61. The maximum absolute atomic E-state index is 13.3. The minimum absolute atomic E-state index is 0.0479. The van der Waals surface area contributed by atoms with Crippen molar-refractivity contribution in [1.29, 1.82) is 0 Å². The molecule has 2 amide bonds. The first-order chi connectivity index (χ1) is 19.5. The molecule has 1 unspecified atom stereocenters. The summed E-state index contributed by atoms with van der Waals surface area (Å²) in [6.45, 7) is 0.0993. The number of furan rings is 1. The maximum atomic E-state index is 13.3. The molecule has 0 saturated heterocycles. The van der Waals surface area contributed by atoms with Gasteiger partial charge in [-0.25, -0.2) is 13.2 Å². The molecule has 10 nitrogen and oxygen atoms in total. The third kappa shape index (κ3) is 5.96. The maximum Gasteiger partial charge on any atom is 0.326 e. The van der Waals surface area contributed by atoms with E-state index in [1.165, 1.54) is 24.3 Å². The van der Waals surface area contributed by atoms with E-state index in [1.807, 2.05) is 0 Å². The van der Waals surface area contributed by atoms with Gasteiger partial charge >= 0.3 is 5.97 Å². The zero-order chi connectivity index (χ0) is 29.3. The second kappa shape index (κ2) is 11.1. The molecule has 0 aliphatic rings. The minimum atomic E-state index is -3.49. The van der Waals surface area contributed by atoms with Crippen molar-refractivity contribution < 1.29 is 32.3 Å². The molecule has 3 aromatic carbocycles. The molecule has 0 bridgehead atoms. The minimum Gasteiger partial charge on any atom is -0.480 e. The number of aromatic nitrogens is 1. The predicted octanol–water partition coefficient (Wildman–Crippen LogP) is 4.33. The van der Waals surface area contributed by atoms with Crippen molar-refractivity contribution >= 4 is 61.1 Å². The van der Waals surface area contributed by atoms with E-state index in [-0.39, 0.29) is 34.4 Å². The summed E-state index contributed by atoms with van der Waals surface area (Å²) < 4.78 is 29.2.